The zero-order chi connectivity index (χ0) is 18.4. The van der Waals surface area contributed by atoms with E-state index in [1.54, 1.807) is 13.2 Å². The molecule has 7 heteroatoms. The first kappa shape index (κ1) is 18.5. The Labute approximate surface area is 147 Å². The number of carbonyl (C=O) groups is 2. The van der Waals surface area contributed by atoms with Crippen molar-refractivity contribution in [1.29, 1.82) is 0 Å². The summed E-state index contributed by atoms with van der Waals surface area (Å²) >= 11 is 0. The Morgan fingerprint density at radius 3 is 2.64 bits per heavy atom. The Morgan fingerprint density at radius 1 is 1.28 bits per heavy atom. The third kappa shape index (κ3) is 5.07. The molecule has 0 aliphatic heterocycles. The molecule has 7 nitrogen and oxygen atoms in total. The second-order valence-electron chi connectivity index (χ2n) is 6.14. The molecule has 0 saturated heterocycles. The quantitative estimate of drug-likeness (QED) is 0.804. The Kier molecular flexibility index (Phi) is 6.16. The van der Waals surface area contributed by atoms with Crippen LogP contribution in [0.15, 0.2) is 36.7 Å². The zero-order valence-electron chi connectivity index (χ0n) is 14.9. The van der Waals surface area contributed by atoms with Gasteiger partial charge in [0.2, 0.25) is 5.91 Å². The van der Waals surface area contributed by atoms with Crippen molar-refractivity contribution in [2.75, 3.05) is 12.4 Å². The summed E-state index contributed by atoms with van der Waals surface area (Å²) in [6.07, 6.45) is 2.48. The van der Waals surface area contributed by atoms with Gasteiger partial charge < -0.3 is 15.4 Å². The number of para-hydroxylation sites is 1. The highest BCUT2D eigenvalue weighted by molar-refractivity contribution is 5.94. The van der Waals surface area contributed by atoms with Crippen molar-refractivity contribution < 1.29 is 14.3 Å². The molecule has 0 bridgehead atoms. The van der Waals surface area contributed by atoms with E-state index in [4.69, 9.17) is 4.74 Å². The maximum atomic E-state index is 12.6. The lowest BCUT2D eigenvalue weighted by Gasteiger charge is -2.22. The number of benzene rings is 1. The maximum Gasteiger partial charge on any atom is 0.265 e. The summed E-state index contributed by atoms with van der Waals surface area (Å²) in [6.45, 7) is 5.89. The van der Waals surface area contributed by atoms with Gasteiger partial charge in [-0.15, -0.1) is 0 Å². The number of ether oxygens (including phenoxy) is 1. The fourth-order valence-electron chi connectivity index (χ4n) is 2.27. The van der Waals surface area contributed by atoms with Crippen LogP contribution < -0.4 is 15.4 Å². The van der Waals surface area contributed by atoms with Crippen molar-refractivity contribution in [2.45, 2.75) is 33.4 Å². The smallest absolute Gasteiger partial charge is 0.265 e. The Balaban J connectivity index is 2.06. The van der Waals surface area contributed by atoms with Crippen molar-refractivity contribution in [3.63, 3.8) is 0 Å². The van der Waals surface area contributed by atoms with Crippen LogP contribution >= 0.6 is 0 Å². The molecule has 1 heterocycles. The predicted octanol–water partition coefficient (Wildman–Crippen LogP) is 1.98. The lowest BCUT2D eigenvalue weighted by molar-refractivity contribution is -0.124. The largest absolute Gasteiger partial charge is 0.480 e. The molecule has 134 valence electrons. The SMILES string of the molecule is CNC(=O)Cn1cc(NC(=O)C(Oc2ccccc2C)C(C)C)cn1. The van der Waals surface area contributed by atoms with Crippen LogP contribution in [0.3, 0.4) is 0 Å². The molecule has 0 spiro atoms. The highest BCUT2D eigenvalue weighted by atomic mass is 16.5. The van der Waals surface area contributed by atoms with Crippen molar-refractivity contribution in [1.82, 2.24) is 15.1 Å². The second-order valence-corrected chi connectivity index (χ2v) is 6.14. The molecule has 2 rings (SSSR count). The zero-order valence-corrected chi connectivity index (χ0v) is 14.9. The van der Waals surface area contributed by atoms with E-state index in [9.17, 15) is 9.59 Å². The van der Waals surface area contributed by atoms with Crippen LogP contribution in [-0.4, -0.2) is 34.7 Å². The minimum atomic E-state index is -0.636. The van der Waals surface area contributed by atoms with E-state index in [0.29, 0.717) is 11.4 Å². The number of amides is 2. The van der Waals surface area contributed by atoms with Crippen LogP contribution in [-0.2, 0) is 16.1 Å². The first-order valence-electron chi connectivity index (χ1n) is 8.17. The monoisotopic (exact) mass is 344 g/mol. The van der Waals surface area contributed by atoms with E-state index in [1.807, 2.05) is 45.0 Å². The number of aromatic nitrogens is 2. The standard InChI is InChI=1S/C18H24N4O3/c1-12(2)17(25-15-8-6-5-7-13(15)3)18(24)21-14-9-20-22(10-14)11-16(23)19-4/h5-10,12,17H,11H2,1-4H3,(H,19,23)(H,21,24). The van der Waals surface area contributed by atoms with Gasteiger partial charge in [-0.1, -0.05) is 32.0 Å². The van der Waals surface area contributed by atoms with E-state index in [0.717, 1.165) is 5.56 Å². The van der Waals surface area contributed by atoms with Crippen LogP contribution in [0.2, 0.25) is 0 Å². The Bertz CT molecular complexity index is 739. The maximum absolute atomic E-state index is 12.6. The number of likely N-dealkylation sites (N-methyl/N-ethyl adjacent to an activating group) is 1. The third-order valence-corrected chi connectivity index (χ3v) is 3.70. The summed E-state index contributed by atoms with van der Waals surface area (Å²) in [7, 11) is 1.56. The van der Waals surface area contributed by atoms with Gasteiger partial charge in [-0.25, -0.2) is 0 Å². The number of hydrogen-bond acceptors (Lipinski definition) is 4. The van der Waals surface area contributed by atoms with Gasteiger partial charge >= 0.3 is 0 Å². The molecule has 1 aromatic heterocycles. The highest BCUT2D eigenvalue weighted by Gasteiger charge is 2.25. The molecule has 0 radical (unpaired) electrons. The molecule has 1 atom stereocenters. The normalized spacial score (nSPS) is 11.9. The molecular weight excluding hydrogens is 320 g/mol. The number of nitrogens with one attached hydrogen (secondary N) is 2. The van der Waals surface area contributed by atoms with E-state index in [2.05, 4.69) is 15.7 Å². The van der Waals surface area contributed by atoms with Crippen LogP contribution in [0.25, 0.3) is 0 Å². The van der Waals surface area contributed by atoms with E-state index < -0.39 is 6.10 Å². The molecule has 1 aromatic carbocycles. The van der Waals surface area contributed by atoms with Crippen LogP contribution in [0.5, 0.6) is 5.75 Å². The Hall–Kier alpha value is -2.83. The van der Waals surface area contributed by atoms with Crippen LogP contribution in [0, 0.1) is 12.8 Å². The molecule has 2 N–H and O–H groups in total. The average molecular weight is 344 g/mol. The predicted molar refractivity (Wildman–Crippen MR) is 95.4 cm³/mol. The fourth-order valence-corrected chi connectivity index (χ4v) is 2.27. The lowest BCUT2D eigenvalue weighted by Crippen LogP contribution is -2.37. The molecule has 0 saturated carbocycles. The van der Waals surface area contributed by atoms with Gasteiger partial charge in [0.15, 0.2) is 6.10 Å². The molecule has 2 aromatic rings. The van der Waals surface area contributed by atoms with Gasteiger partial charge in [-0.05, 0) is 24.5 Å². The number of carbonyl (C=O) groups excluding carboxylic acids is 2. The Morgan fingerprint density at radius 2 is 2.00 bits per heavy atom. The van der Waals surface area contributed by atoms with E-state index in [1.165, 1.54) is 10.9 Å². The van der Waals surface area contributed by atoms with Crippen LogP contribution in [0.4, 0.5) is 5.69 Å². The van der Waals surface area contributed by atoms with Crippen molar-refractivity contribution in [2.24, 2.45) is 5.92 Å². The van der Waals surface area contributed by atoms with Gasteiger partial charge in [0.25, 0.3) is 5.91 Å². The molecular formula is C18H24N4O3. The average Bonchev–Trinajstić information content (AvgIpc) is 3.00. The van der Waals surface area contributed by atoms with Gasteiger partial charge in [0.05, 0.1) is 11.9 Å². The van der Waals surface area contributed by atoms with E-state index in [-0.39, 0.29) is 24.3 Å². The van der Waals surface area contributed by atoms with E-state index >= 15 is 0 Å². The summed E-state index contributed by atoms with van der Waals surface area (Å²) in [5.41, 5.74) is 1.49. The summed E-state index contributed by atoms with van der Waals surface area (Å²) in [4.78, 5) is 24.0. The molecule has 0 fully saturated rings. The van der Waals surface area contributed by atoms with Crippen molar-refractivity contribution in [3.8, 4) is 5.75 Å². The minimum Gasteiger partial charge on any atom is -0.480 e. The molecule has 25 heavy (non-hydrogen) atoms. The number of aryl methyl sites for hydroxylation is 1. The minimum absolute atomic E-state index is 0.0134. The number of hydrogen-bond donors (Lipinski definition) is 2. The third-order valence-electron chi connectivity index (χ3n) is 3.70. The molecule has 2 amide bonds. The van der Waals surface area contributed by atoms with Gasteiger partial charge in [-0.2, -0.15) is 5.10 Å². The van der Waals surface area contributed by atoms with Crippen molar-refractivity contribution >= 4 is 17.5 Å². The topological polar surface area (TPSA) is 85.2 Å². The second kappa shape index (κ2) is 8.32. The number of anilines is 1. The fraction of sp³-hybridized carbons (Fsp3) is 0.389. The van der Waals surface area contributed by atoms with Crippen LogP contribution in [0.1, 0.15) is 19.4 Å². The summed E-state index contributed by atoms with van der Waals surface area (Å²) < 4.78 is 7.39. The summed E-state index contributed by atoms with van der Waals surface area (Å²) in [5.74, 6) is 0.258. The first-order chi connectivity index (χ1) is 11.9. The molecule has 0 aliphatic carbocycles. The van der Waals surface area contributed by atoms with Gasteiger partial charge in [0.1, 0.15) is 12.3 Å². The highest BCUT2D eigenvalue weighted by Crippen LogP contribution is 2.21. The lowest BCUT2D eigenvalue weighted by atomic mass is 10.1. The van der Waals surface area contributed by atoms with Crippen molar-refractivity contribution in [3.05, 3.63) is 42.2 Å². The van der Waals surface area contributed by atoms with Gasteiger partial charge in [-0.3, -0.25) is 14.3 Å². The number of rotatable bonds is 7. The number of nitrogens with zero attached hydrogens (tertiary/aromatic N) is 2. The molecule has 1 unspecified atom stereocenters. The summed E-state index contributed by atoms with van der Waals surface area (Å²) in [5, 5.41) is 9.38. The summed E-state index contributed by atoms with van der Waals surface area (Å²) in [6, 6.07) is 7.58. The molecule has 0 aliphatic rings. The van der Waals surface area contributed by atoms with Gasteiger partial charge in [0, 0.05) is 13.2 Å². The first-order valence-corrected chi connectivity index (χ1v) is 8.17.